The number of anilines is 6. The van der Waals surface area contributed by atoms with Crippen molar-refractivity contribution in [2.45, 2.75) is 0 Å². The molecule has 0 saturated carbocycles. The Bertz CT molecular complexity index is 6930. The molecule has 21 aromatic rings. The van der Waals surface area contributed by atoms with E-state index in [1.807, 2.05) is 0 Å². The average molecular weight is 1350 g/mol. The van der Waals surface area contributed by atoms with E-state index in [0.29, 0.717) is 0 Å². The van der Waals surface area contributed by atoms with Gasteiger partial charge in [-0.05, 0) is 220 Å². The lowest BCUT2D eigenvalue weighted by molar-refractivity contribution is 1.18. The Morgan fingerprint density at radius 1 is 0.170 bits per heavy atom. The lowest BCUT2D eigenvalue weighted by atomic mass is 9.96. The number of benzene rings is 19. The van der Waals surface area contributed by atoms with Gasteiger partial charge in [-0.1, -0.05) is 285 Å². The number of hydrogen-bond donors (Lipinski definition) is 0. The van der Waals surface area contributed by atoms with Crippen LogP contribution < -0.4 is 9.80 Å². The van der Waals surface area contributed by atoms with Crippen molar-refractivity contribution < 1.29 is 0 Å². The first-order valence-electron chi connectivity index (χ1n) is 36.4. The number of hydrogen-bond acceptors (Lipinski definition) is 2. The molecular weight excluding hydrogens is 1280 g/mol. The predicted molar refractivity (Wildman–Crippen MR) is 452 cm³/mol. The summed E-state index contributed by atoms with van der Waals surface area (Å²) < 4.78 is 4.82. The van der Waals surface area contributed by atoms with Crippen molar-refractivity contribution >= 4 is 142 Å². The maximum atomic E-state index is 2.41. The van der Waals surface area contributed by atoms with Crippen molar-refractivity contribution in [3.05, 3.63) is 413 Å². The molecule has 0 radical (unpaired) electrons. The van der Waals surface area contributed by atoms with Crippen LogP contribution in [0.1, 0.15) is 0 Å². The Balaban J connectivity index is 0.000000141. The van der Waals surface area contributed by atoms with Gasteiger partial charge in [-0.15, -0.1) is 0 Å². The predicted octanol–water partition coefficient (Wildman–Crippen LogP) is 28.4. The lowest BCUT2D eigenvalue weighted by Crippen LogP contribution is -2.10. The number of nitrogens with zero attached hydrogens (tertiary/aromatic N) is 4. The molecule has 2 aromatic heterocycles. The fourth-order valence-electron chi connectivity index (χ4n) is 16.4. The number of fused-ring (bicyclic) bond motifs is 14. The van der Waals surface area contributed by atoms with Gasteiger partial charge >= 0.3 is 0 Å². The van der Waals surface area contributed by atoms with Gasteiger partial charge in [-0.25, -0.2) is 0 Å². The van der Waals surface area contributed by atoms with Crippen molar-refractivity contribution in [3.8, 4) is 44.8 Å². The van der Waals surface area contributed by atoms with Crippen LogP contribution in [0.2, 0.25) is 0 Å². The summed E-state index contributed by atoms with van der Waals surface area (Å²) in [6.07, 6.45) is 0. The van der Waals surface area contributed by atoms with Gasteiger partial charge < -0.3 is 18.9 Å². The van der Waals surface area contributed by atoms with Crippen LogP contribution in [-0.4, -0.2) is 9.13 Å². The molecule has 21 rings (SSSR count). The van der Waals surface area contributed by atoms with Crippen LogP contribution in [0, 0.1) is 0 Å². The Labute approximate surface area is 614 Å². The first kappa shape index (κ1) is 61.8. The van der Waals surface area contributed by atoms with Crippen molar-refractivity contribution in [3.63, 3.8) is 0 Å². The quantitative estimate of drug-likeness (QED) is 0.128. The van der Waals surface area contributed by atoms with Gasteiger partial charge in [0.15, 0.2) is 0 Å². The molecule has 0 aliphatic heterocycles. The normalized spacial score (nSPS) is 11.6. The van der Waals surface area contributed by atoms with Crippen molar-refractivity contribution in [2.24, 2.45) is 0 Å². The van der Waals surface area contributed by atoms with Crippen molar-refractivity contribution in [1.29, 1.82) is 0 Å². The molecule has 2 heterocycles. The van der Waals surface area contributed by atoms with Crippen LogP contribution >= 0.6 is 0 Å². The van der Waals surface area contributed by atoms with Crippen molar-refractivity contribution in [1.82, 2.24) is 9.13 Å². The molecule has 0 bridgehead atoms. The van der Waals surface area contributed by atoms with Crippen LogP contribution in [0.15, 0.2) is 413 Å². The van der Waals surface area contributed by atoms with Gasteiger partial charge in [0.1, 0.15) is 0 Å². The maximum Gasteiger partial charge on any atom is 0.0547 e. The highest BCUT2D eigenvalue weighted by Gasteiger charge is 2.22. The molecule has 0 atom stereocenters. The lowest BCUT2D eigenvalue weighted by Gasteiger charge is -2.27. The van der Waals surface area contributed by atoms with Gasteiger partial charge in [-0.3, -0.25) is 0 Å². The summed E-state index contributed by atoms with van der Waals surface area (Å²) in [5.41, 5.74) is 21.2. The molecule has 4 nitrogen and oxygen atoms in total. The summed E-state index contributed by atoms with van der Waals surface area (Å²) in [5, 5.41) is 20.1. The average Bonchev–Trinajstić information content (AvgIpc) is 1.61. The molecule has 106 heavy (non-hydrogen) atoms. The van der Waals surface area contributed by atoms with E-state index in [9.17, 15) is 0 Å². The van der Waals surface area contributed by atoms with Crippen LogP contribution in [0.3, 0.4) is 0 Å². The fourth-order valence-corrected chi connectivity index (χ4v) is 16.4. The third-order valence-corrected chi connectivity index (χ3v) is 21.5. The van der Waals surface area contributed by atoms with Gasteiger partial charge in [0.25, 0.3) is 0 Å². The molecule has 0 aliphatic carbocycles. The second kappa shape index (κ2) is 26.1. The standard InChI is InChI=1S/C54H36N2.C48H32N2/c1-2-15-43(16-3-1)55(44-29-24-38(25-30-44)42-23-22-37-12-4-5-14-41(37)36-42)52-35-33-46(48-18-8-9-19-49(48)52)40-26-31-45(32-27-40)56-51-21-11-10-20-50(51)54-47-17-7-6-13-39(47)28-34-53(54)56;1-2-13-40(14-3-1)49(41-25-20-34(21-26-41)37-19-18-33-10-4-5-12-36(33)30-37)42-27-22-39-32-43(28-23-38(39)31-42)50-46-17-9-8-16-45(46)48-44-15-7-6-11-35(44)24-29-47(48)50/h1-36H;1-32H. The highest BCUT2D eigenvalue weighted by atomic mass is 15.1. The molecule has 0 spiro atoms. The highest BCUT2D eigenvalue weighted by molar-refractivity contribution is 6.23. The molecule has 19 aromatic carbocycles. The number of para-hydroxylation sites is 4. The zero-order valence-corrected chi connectivity index (χ0v) is 58.0. The van der Waals surface area contributed by atoms with Crippen LogP contribution in [-0.2, 0) is 0 Å². The summed E-state index contributed by atoms with van der Waals surface area (Å²) in [6, 6.07) is 150. The topological polar surface area (TPSA) is 16.3 Å². The molecule has 0 unspecified atom stereocenters. The number of rotatable bonds is 11. The van der Waals surface area contributed by atoms with E-state index in [0.717, 1.165) is 45.5 Å². The Hall–Kier alpha value is -14.1. The first-order valence-corrected chi connectivity index (χ1v) is 36.4. The zero-order chi connectivity index (χ0) is 70.0. The molecule has 0 amide bonds. The Morgan fingerprint density at radius 3 is 1.08 bits per heavy atom. The second-order valence-corrected chi connectivity index (χ2v) is 27.6. The maximum absolute atomic E-state index is 2.41. The van der Waals surface area contributed by atoms with Crippen molar-refractivity contribution in [2.75, 3.05) is 9.80 Å². The summed E-state index contributed by atoms with van der Waals surface area (Å²) >= 11 is 0. The fraction of sp³-hybridized carbons (Fsp3) is 0. The van der Waals surface area contributed by atoms with E-state index < -0.39 is 0 Å². The first-order chi connectivity index (χ1) is 52.6. The van der Waals surface area contributed by atoms with Crippen LogP contribution in [0.5, 0.6) is 0 Å². The molecule has 0 aliphatic rings. The van der Waals surface area contributed by atoms with E-state index in [4.69, 9.17) is 0 Å². The Kier molecular flexibility index (Phi) is 15.2. The molecule has 0 N–H and O–H groups in total. The zero-order valence-electron chi connectivity index (χ0n) is 58.0. The van der Waals surface area contributed by atoms with Gasteiger partial charge in [0.2, 0.25) is 0 Å². The molecular formula is C102H68N4. The molecule has 0 saturated heterocycles. The summed E-state index contributed by atoms with van der Waals surface area (Å²) in [7, 11) is 0. The molecule has 496 valence electrons. The summed E-state index contributed by atoms with van der Waals surface area (Å²) in [6.45, 7) is 0. The van der Waals surface area contributed by atoms with Gasteiger partial charge in [0.05, 0.1) is 27.8 Å². The minimum absolute atomic E-state index is 1.11. The Morgan fingerprint density at radius 2 is 0.528 bits per heavy atom. The van der Waals surface area contributed by atoms with Gasteiger partial charge in [0, 0.05) is 66.7 Å². The van der Waals surface area contributed by atoms with E-state index in [1.54, 1.807) is 0 Å². The van der Waals surface area contributed by atoms with Crippen LogP contribution in [0.25, 0.3) is 153 Å². The minimum atomic E-state index is 1.11. The van der Waals surface area contributed by atoms with Crippen LogP contribution in [0.4, 0.5) is 34.1 Å². The van der Waals surface area contributed by atoms with E-state index in [-0.39, 0.29) is 0 Å². The monoisotopic (exact) mass is 1350 g/mol. The second-order valence-electron chi connectivity index (χ2n) is 27.6. The largest absolute Gasteiger partial charge is 0.310 e. The highest BCUT2D eigenvalue weighted by Crippen LogP contribution is 2.46. The van der Waals surface area contributed by atoms with E-state index in [2.05, 4.69) is 431 Å². The molecule has 4 heteroatoms. The summed E-state index contributed by atoms with van der Waals surface area (Å²) in [5.74, 6) is 0. The molecule has 0 fully saturated rings. The van der Waals surface area contributed by atoms with E-state index in [1.165, 1.54) is 142 Å². The minimum Gasteiger partial charge on any atom is -0.310 e. The third kappa shape index (κ3) is 10.9. The van der Waals surface area contributed by atoms with E-state index >= 15 is 0 Å². The number of aromatic nitrogens is 2. The summed E-state index contributed by atoms with van der Waals surface area (Å²) in [4.78, 5) is 4.72. The van der Waals surface area contributed by atoms with Gasteiger partial charge in [-0.2, -0.15) is 0 Å². The smallest absolute Gasteiger partial charge is 0.0547 e. The third-order valence-electron chi connectivity index (χ3n) is 21.5. The SMILES string of the molecule is c1ccc(N(c2ccc(-c3ccc4ccccc4c3)cc2)c2ccc(-c3ccc(-n4c5ccccc5c5c6ccccc6ccc54)cc3)c3ccccc23)cc1.c1ccc(N(c2ccc(-c3ccc4ccccc4c3)cc2)c2ccc3cc(-n4c5ccccc5c5c6ccccc6ccc54)ccc3c2)cc1.